The van der Waals surface area contributed by atoms with Gasteiger partial charge >= 0.3 is 0 Å². The fourth-order valence-corrected chi connectivity index (χ4v) is 4.90. The molecule has 0 aliphatic carbocycles. The van der Waals surface area contributed by atoms with Crippen LogP contribution in [-0.2, 0) is 11.3 Å². The van der Waals surface area contributed by atoms with E-state index in [-0.39, 0.29) is 5.91 Å². The summed E-state index contributed by atoms with van der Waals surface area (Å²) < 4.78 is 11.3. The number of thiophene rings is 1. The molecule has 1 fully saturated rings. The van der Waals surface area contributed by atoms with Gasteiger partial charge in [-0.15, -0.1) is 11.3 Å². The highest BCUT2D eigenvalue weighted by Gasteiger charge is 2.26. The molecule has 2 aliphatic heterocycles. The third-order valence-corrected chi connectivity index (χ3v) is 6.51. The molecule has 1 saturated heterocycles. The predicted molar refractivity (Wildman–Crippen MR) is 107 cm³/mol. The third-order valence-electron chi connectivity index (χ3n) is 5.30. The number of amides is 1. The van der Waals surface area contributed by atoms with Gasteiger partial charge in [-0.3, -0.25) is 9.69 Å². The van der Waals surface area contributed by atoms with Crippen molar-refractivity contribution in [3.63, 3.8) is 0 Å². The number of carbonyl (C=O) groups excluding carboxylic acids is 1. The van der Waals surface area contributed by atoms with E-state index in [1.54, 1.807) is 11.3 Å². The molecule has 0 bridgehead atoms. The molecule has 144 valence electrons. The van der Waals surface area contributed by atoms with Crippen molar-refractivity contribution in [1.29, 1.82) is 0 Å². The Morgan fingerprint density at radius 3 is 2.81 bits per heavy atom. The van der Waals surface area contributed by atoms with Crippen LogP contribution >= 0.6 is 11.3 Å². The molecule has 0 saturated carbocycles. The van der Waals surface area contributed by atoms with E-state index in [0.717, 1.165) is 52.9 Å². The van der Waals surface area contributed by atoms with Gasteiger partial charge in [-0.2, -0.15) is 0 Å². The SMILES string of the molecule is CC(C)C(CNC(=O)c1cc2c(s1)-c1ccccc1OC2)N1CCOCC1. The van der Waals surface area contributed by atoms with Crippen LogP contribution in [0.2, 0.25) is 0 Å². The average Bonchev–Trinajstić information content (AvgIpc) is 3.13. The molecule has 6 heteroatoms. The van der Waals surface area contributed by atoms with Crippen molar-refractivity contribution in [3.8, 4) is 16.2 Å². The normalized spacial score (nSPS) is 17.7. The van der Waals surface area contributed by atoms with Crippen molar-refractivity contribution in [3.05, 3.63) is 40.8 Å². The lowest BCUT2D eigenvalue weighted by Gasteiger charge is -2.36. The zero-order valence-corrected chi connectivity index (χ0v) is 16.7. The number of rotatable bonds is 5. The number of benzene rings is 1. The molecule has 2 aromatic rings. The molecule has 27 heavy (non-hydrogen) atoms. The minimum absolute atomic E-state index is 0.00536. The topological polar surface area (TPSA) is 50.8 Å². The minimum atomic E-state index is 0.00536. The van der Waals surface area contributed by atoms with E-state index in [1.807, 2.05) is 24.3 Å². The van der Waals surface area contributed by atoms with Crippen LogP contribution in [0.25, 0.3) is 10.4 Å². The second kappa shape index (κ2) is 8.00. The Labute approximate surface area is 164 Å². The first-order valence-corrected chi connectivity index (χ1v) is 10.4. The number of para-hydroxylation sites is 1. The molecule has 0 spiro atoms. The van der Waals surface area contributed by atoms with Crippen molar-refractivity contribution >= 4 is 17.2 Å². The first-order chi connectivity index (χ1) is 13.1. The summed E-state index contributed by atoms with van der Waals surface area (Å²) >= 11 is 1.56. The first kappa shape index (κ1) is 18.5. The summed E-state index contributed by atoms with van der Waals surface area (Å²) in [4.78, 5) is 17.1. The maximum absolute atomic E-state index is 12.8. The van der Waals surface area contributed by atoms with Crippen molar-refractivity contribution in [1.82, 2.24) is 10.2 Å². The highest BCUT2D eigenvalue weighted by molar-refractivity contribution is 7.17. The number of hydrogen-bond acceptors (Lipinski definition) is 5. The summed E-state index contributed by atoms with van der Waals surface area (Å²) in [5.41, 5.74) is 2.17. The van der Waals surface area contributed by atoms with Gasteiger partial charge < -0.3 is 14.8 Å². The quantitative estimate of drug-likeness (QED) is 0.856. The molecule has 3 heterocycles. The van der Waals surface area contributed by atoms with Crippen LogP contribution in [-0.4, -0.2) is 49.7 Å². The van der Waals surface area contributed by atoms with E-state index >= 15 is 0 Å². The Morgan fingerprint density at radius 1 is 1.26 bits per heavy atom. The average molecular weight is 387 g/mol. The zero-order chi connectivity index (χ0) is 18.8. The van der Waals surface area contributed by atoms with Crippen LogP contribution < -0.4 is 10.1 Å². The van der Waals surface area contributed by atoms with Crippen molar-refractivity contribution < 1.29 is 14.3 Å². The zero-order valence-electron chi connectivity index (χ0n) is 15.9. The van der Waals surface area contributed by atoms with Crippen molar-refractivity contribution in [2.24, 2.45) is 5.92 Å². The maximum Gasteiger partial charge on any atom is 0.261 e. The molecule has 1 unspecified atom stereocenters. The lowest BCUT2D eigenvalue weighted by molar-refractivity contribution is 0.00674. The Morgan fingerprint density at radius 2 is 2.04 bits per heavy atom. The fourth-order valence-electron chi connectivity index (χ4n) is 3.79. The van der Waals surface area contributed by atoms with Crippen LogP contribution in [0.3, 0.4) is 0 Å². The van der Waals surface area contributed by atoms with Crippen LogP contribution in [0.1, 0.15) is 29.1 Å². The molecule has 5 nitrogen and oxygen atoms in total. The summed E-state index contributed by atoms with van der Waals surface area (Å²) in [5.74, 6) is 1.37. The van der Waals surface area contributed by atoms with E-state index in [9.17, 15) is 4.79 Å². The van der Waals surface area contributed by atoms with Gasteiger partial charge in [0.25, 0.3) is 5.91 Å². The second-order valence-electron chi connectivity index (χ2n) is 7.42. The molecular formula is C21H26N2O3S. The number of ether oxygens (including phenoxy) is 2. The number of nitrogens with zero attached hydrogens (tertiary/aromatic N) is 1. The van der Waals surface area contributed by atoms with E-state index < -0.39 is 0 Å². The van der Waals surface area contributed by atoms with Gasteiger partial charge in [0.2, 0.25) is 0 Å². The number of nitrogens with one attached hydrogen (secondary N) is 1. The van der Waals surface area contributed by atoms with Gasteiger partial charge in [0.05, 0.1) is 18.1 Å². The minimum Gasteiger partial charge on any atom is -0.488 e. The molecule has 1 aromatic carbocycles. The summed E-state index contributed by atoms with van der Waals surface area (Å²) in [6.07, 6.45) is 0. The summed E-state index contributed by atoms with van der Waals surface area (Å²) in [5, 5.41) is 3.16. The standard InChI is InChI=1S/C21H26N2O3S/c1-14(2)17(23-7-9-25-10-8-23)12-22-21(24)19-11-15-13-26-18-6-4-3-5-16(18)20(15)27-19/h3-6,11,14,17H,7-10,12-13H2,1-2H3,(H,22,24). The number of carbonyl (C=O) groups is 1. The molecule has 1 N–H and O–H groups in total. The first-order valence-electron chi connectivity index (χ1n) is 9.58. The Bertz CT molecular complexity index is 812. The smallest absolute Gasteiger partial charge is 0.261 e. The van der Waals surface area contributed by atoms with Crippen LogP contribution in [0.4, 0.5) is 0 Å². The van der Waals surface area contributed by atoms with E-state index in [2.05, 4.69) is 30.1 Å². The lowest BCUT2D eigenvalue weighted by atomic mass is 10.0. The van der Waals surface area contributed by atoms with Gasteiger partial charge in [-0.1, -0.05) is 26.0 Å². The number of fused-ring (bicyclic) bond motifs is 3. The van der Waals surface area contributed by atoms with Crippen molar-refractivity contribution in [2.75, 3.05) is 32.8 Å². The number of morpholine rings is 1. The fraction of sp³-hybridized carbons (Fsp3) is 0.476. The molecule has 1 amide bonds. The predicted octanol–water partition coefficient (Wildman–Crippen LogP) is 3.39. The lowest BCUT2D eigenvalue weighted by Crippen LogP contribution is -2.51. The molecule has 1 atom stereocenters. The van der Waals surface area contributed by atoms with E-state index in [1.165, 1.54) is 0 Å². The Kier molecular flexibility index (Phi) is 5.48. The largest absolute Gasteiger partial charge is 0.488 e. The van der Waals surface area contributed by atoms with Gasteiger partial charge in [0.1, 0.15) is 12.4 Å². The number of hydrogen-bond donors (Lipinski definition) is 1. The Balaban J connectivity index is 1.45. The third kappa shape index (κ3) is 3.88. The Hall–Kier alpha value is -1.89. The van der Waals surface area contributed by atoms with Crippen LogP contribution in [0.5, 0.6) is 5.75 Å². The highest BCUT2D eigenvalue weighted by Crippen LogP contribution is 2.42. The second-order valence-corrected chi connectivity index (χ2v) is 8.47. The molecular weight excluding hydrogens is 360 g/mol. The summed E-state index contributed by atoms with van der Waals surface area (Å²) in [6.45, 7) is 9.02. The summed E-state index contributed by atoms with van der Waals surface area (Å²) in [7, 11) is 0. The van der Waals surface area contributed by atoms with Gasteiger partial charge in [-0.05, 0) is 24.1 Å². The van der Waals surface area contributed by atoms with Crippen LogP contribution in [0.15, 0.2) is 30.3 Å². The highest BCUT2D eigenvalue weighted by atomic mass is 32.1. The van der Waals surface area contributed by atoms with Gasteiger partial charge in [0.15, 0.2) is 0 Å². The monoisotopic (exact) mass is 386 g/mol. The molecule has 1 aromatic heterocycles. The van der Waals surface area contributed by atoms with Crippen molar-refractivity contribution in [2.45, 2.75) is 26.5 Å². The van der Waals surface area contributed by atoms with Crippen LogP contribution in [0, 0.1) is 5.92 Å². The van der Waals surface area contributed by atoms with Gasteiger partial charge in [-0.25, -0.2) is 0 Å². The summed E-state index contributed by atoms with van der Waals surface area (Å²) in [6, 6.07) is 10.3. The van der Waals surface area contributed by atoms with E-state index in [0.29, 0.717) is 25.1 Å². The van der Waals surface area contributed by atoms with E-state index in [4.69, 9.17) is 9.47 Å². The molecule has 4 rings (SSSR count). The molecule has 0 radical (unpaired) electrons. The maximum atomic E-state index is 12.8. The van der Waals surface area contributed by atoms with Gasteiger partial charge in [0, 0.05) is 41.7 Å². The molecule has 2 aliphatic rings.